The molecule has 0 N–H and O–H groups in total. The summed E-state index contributed by atoms with van der Waals surface area (Å²) in [5.41, 5.74) is 2.50. The zero-order valence-electron chi connectivity index (χ0n) is 19.3. The molecule has 3 nitrogen and oxygen atoms in total. The van der Waals surface area contributed by atoms with Gasteiger partial charge in [-0.15, -0.1) is 0 Å². The average Bonchev–Trinajstić information content (AvgIpc) is 2.80. The van der Waals surface area contributed by atoms with Crippen LogP contribution in [0.25, 0.3) is 10.9 Å². The Hall–Kier alpha value is -2.39. The number of carbonyl (C=O) groups is 1. The van der Waals surface area contributed by atoms with Crippen LogP contribution in [0.3, 0.4) is 0 Å². The summed E-state index contributed by atoms with van der Waals surface area (Å²) in [6, 6.07) is 20.6. The van der Waals surface area contributed by atoms with Crippen LogP contribution < -0.4 is 9.67 Å². The van der Waals surface area contributed by atoms with E-state index in [1.807, 2.05) is 12.1 Å². The fourth-order valence-electron chi connectivity index (χ4n) is 3.73. The molecule has 0 spiro atoms. The first-order chi connectivity index (χ1) is 15.6. The van der Waals surface area contributed by atoms with Gasteiger partial charge in [0.1, 0.15) is 0 Å². The second-order valence-corrected chi connectivity index (χ2v) is 8.71. The van der Waals surface area contributed by atoms with Gasteiger partial charge in [-0.05, 0) is 37.1 Å². The summed E-state index contributed by atoms with van der Waals surface area (Å²) in [6.45, 7) is 3.08. The number of benzene rings is 2. The van der Waals surface area contributed by atoms with E-state index >= 15 is 0 Å². The number of rotatable bonds is 12. The molecule has 32 heavy (non-hydrogen) atoms. The highest BCUT2D eigenvalue weighted by Crippen LogP contribution is 2.12. The van der Waals surface area contributed by atoms with Gasteiger partial charge >= 0.3 is 0 Å². The van der Waals surface area contributed by atoms with Gasteiger partial charge in [0.2, 0.25) is 5.52 Å². The standard InChI is InChI=1S/C16H13ClN.C12H24O2/c17-15-9-7-13(8-10-15)12-18-11-3-5-14-4-1-2-6-16(14)18;1-2-3-4-5-6-7-8-9-10-11-12(13)14/h1-11H,12H2;2-11H2,1H3,(H,13,14)/q+1;/p-1. The predicted molar refractivity (Wildman–Crippen MR) is 132 cm³/mol. The van der Waals surface area contributed by atoms with Crippen molar-refractivity contribution in [3.63, 3.8) is 0 Å². The third-order valence-corrected chi connectivity index (χ3v) is 5.79. The van der Waals surface area contributed by atoms with E-state index in [1.54, 1.807) is 0 Å². The molecule has 0 bridgehead atoms. The third kappa shape index (κ3) is 10.3. The lowest BCUT2D eigenvalue weighted by atomic mass is 10.1. The zero-order chi connectivity index (χ0) is 23.0. The van der Waals surface area contributed by atoms with E-state index in [-0.39, 0.29) is 6.42 Å². The zero-order valence-corrected chi connectivity index (χ0v) is 20.0. The maximum absolute atomic E-state index is 10.1. The number of fused-ring (bicyclic) bond motifs is 1. The lowest BCUT2D eigenvalue weighted by Gasteiger charge is -2.02. The summed E-state index contributed by atoms with van der Waals surface area (Å²) >= 11 is 5.90. The molecule has 3 aromatic rings. The van der Waals surface area contributed by atoms with Crippen LogP contribution in [0.4, 0.5) is 0 Å². The van der Waals surface area contributed by atoms with Crippen LogP contribution in [0.1, 0.15) is 76.7 Å². The van der Waals surface area contributed by atoms with Gasteiger partial charge in [0.25, 0.3) is 0 Å². The molecular formula is C28H36ClNO2. The molecule has 0 fully saturated rings. The molecule has 0 saturated heterocycles. The highest BCUT2D eigenvalue weighted by Gasteiger charge is 2.08. The number of halogens is 1. The van der Waals surface area contributed by atoms with E-state index in [4.69, 9.17) is 11.6 Å². The number of carboxylic acids is 1. The summed E-state index contributed by atoms with van der Waals surface area (Å²) in [5, 5.41) is 12.1. The summed E-state index contributed by atoms with van der Waals surface area (Å²) in [6.07, 6.45) is 13.3. The molecule has 2 aromatic carbocycles. The quantitative estimate of drug-likeness (QED) is 0.232. The van der Waals surface area contributed by atoms with E-state index in [9.17, 15) is 9.90 Å². The Balaban J connectivity index is 0.000000237. The number of nitrogens with zero attached hydrogens (tertiary/aromatic N) is 1. The molecule has 0 aliphatic carbocycles. The first-order valence-electron chi connectivity index (χ1n) is 11.9. The predicted octanol–water partition coefficient (Wildman–Crippen LogP) is 6.49. The maximum atomic E-state index is 10.1. The molecule has 0 unspecified atom stereocenters. The minimum absolute atomic E-state index is 0.232. The normalized spacial score (nSPS) is 10.6. The van der Waals surface area contributed by atoms with Crippen LogP contribution in [0.15, 0.2) is 66.9 Å². The molecular weight excluding hydrogens is 418 g/mol. The Bertz CT molecular complexity index is 919. The Morgan fingerprint density at radius 3 is 2.06 bits per heavy atom. The second-order valence-electron chi connectivity index (χ2n) is 8.27. The summed E-state index contributed by atoms with van der Waals surface area (Å²) in [7, 11) is 0. The van der Waals surface area contributed by atoms with E-state index in [0.29, 0.717) is 0 Å². The van der Waals surface area contributed by atoms with Gasteiger partial charge in [-0.2, -0.15) is 4.57 Å². The molecule has 0 aliphatic heterocycles. The van der Waals surface area contributed by atoms with Gasteiger partial charge in [0.05, 0.1) is 0 Å². The number of para-hydroxylation sites is 1. The van der Waals surface area contributed by atoms with Crippen LogP contribution in [-0.4, -0.2) is 5.97 Å². The second kappa shape index (κ2) is 15.4. The first kappa shape index (κ1) is 25.9. The van der Waals surface area contributed by atoms with Crippen molar-refractivity contribution in [2.75, 3.05) is 0 Å². The third-order valence-electron chi connectivity index (χ3n) is 5.54. The molecule has 0 aliphatic rings. The lowest BCUT2D eigenvalue weighted by molar-refractivity contribution is -0.662. The molecule has 4 heteroatoms. The van der Waals surface area contributed by atoms with Crippen molar-refractivity contribution < 1.29 is 14.5 Å². The van der Waals surface area contributed by atoms with Crippen molar-refractivity contribution in [2.45, 2.75) is 77.7 Å². The highest BCUT2D eigenvalue weighted by molar-refractivity contribution is 6.30. The van der Waals surface area contributed by atoms with Crippen LogP contribution in [0, 0.1) is 0 Å². The van der Waals surface area contributed by atoms with Gasteiger partial charge < -0.3 is 9.90 Å². The average molecular weight is 454 g/mol. The van der Waals surface area contributed by atoms with Crippen LogP contribution in [0.5, 0.6) is 0 Å². The van der Waals surface area contributed by atoms with Gasteiger partial charge in [-0.25, -0.2) is 0 Å². The number of aliphatic carboxylic acids is 1. The largest absolute Gasteiger partial charge is 0.550 e. The van der Waals surface area contributed by atoms with Crippen LogP contribution >= 0.6 is 11.6 Å². The molecule has 1 aromatic heterocycles. The smallest absolute Gasteiger partial charge is 0.212 e. The van der Waals surface area contributed by atoms with Gasteiger partial charge in [-0.1, -0.05) is 94.2 Å². The van der Waals surface area contributed by atoms with E-state index in [2.05, 4.69) is 66.2 Å². The Morgan fingerprint density at radius 2 is 1.41 bits per heavy atom. The fourth-order valence-corrected chi connectivity index (χ4v) is 3.85. The minimum Gasteiger partial charge on any atom is -0.550 e. The molecule has 1 heterocycles. The van der Waals surface area contributed by atoms with E-state index < -0.39 is 5.97 Å². The Morgan fingerprint density at radius 1 is 0.812 bits per heavy atom. The molecule has 0 amide bonds. The number of carbonyl (C=O) groups excluding carboxylic acids is 1. The van der Waals surface area contributed by atoms with Crippen molar-refractivity contribution in [1.82, 2.24) is 0 Å². The van der Waals surface area contributed by atoms with Crippen molar-refractivity contribution in [2.24, 2.45) is 0 Å². The molecule has 0 atom stereocenters. The van der Waals surface area contributed by atoms with Crippen molar-refractivity contribution in [3.8, 4) is 0 Å². The first-order valence-corrected chi connectivity index (χ1v) is 12.3. The molecule has 0 saturated carbocycles. The lowest BCUT2D eigenvalue weighted by Crippen LogP contribution is -2.34. The van der Waals surface area contributed by atoms with Crippen molar-refractivity contribution in [1.29, 1.82) is 0 Å². The number of pyridine rings is 1. The molecule has 172 valence electrons. The van der Waals surface area contributed by atoms with Gasteiger partial charge in [-0.3, -0.25) is 0 Å². The summed E-state index contributed by atoms with van der Waals surface area (Å²) in [5.74, 6) is -0.909. The fraction of sp³-hybridized carbons (Fsp3) is 0.429. The van der Waals surface area contributed by atoms with E-state index in [0.717, 1.165) is 24.4 Å². The number of hydrogen-bond donors (Lipinski definition) is 0. The van der Waals surface area contributed by atoms with Crippen molar-refractivity contribution in [3.05, 3.63) is 77.4 Å². The highest BCUT2D eigenvalue weighted by atomic mass is 35.5. The number of aromatic nitrogens is 1. The maximum Gasteiger partial charge on any atom is 0.212 e. The Labute approximate surface area is 198 Å². The monoisotopic (exact) mass is 453 g/mol. The van der Waals surface area contributed by atoms with Crippen LogP contribution in [-0.2, 0) is 11.3 Å². The Kier molecular flexibility index (Phi) is 12.5. The summed E-state index contributed by atoms with van der Waals surface area (Å²) < 4.78 is 2.25. The van der Waals surface area contributed by atoms with Gasteiger partial charge in [0.15, 0.2) is 12.7 Å². The molecule has 0 radical (unpaired) electrons. The number of hydrogen-bond acceptors (Lipinski definition) is 2. The van der Waals surface area contributed by atoms with Crippen molar-refractivity contribution >= 4 is 28.5 Å². The van der Waals surface area contributed by atoms with Crippen LogP contribution in [0.2, 0.25) is 5.02 Å². The summed E-state index contributed by atoms with van der Waals surface area (Å²) in [4.78, 5) is 10.1. The molecule has 3 rings (SSSR count). The number of carboxylic acid groups (broad SMARTS) is 1. The number of unbranched alkanes of at least 4 members (excludes halogenated alkanes) is 8. The topological polar surface area (TPSA) is 44.0 Å². The van der Waals surface area contributed by atoms with Gasteiger partial charge in [0, 0.05) is 34.1 Å². The SMILES string of the molecule is CCCCCCCCCCCC(=O)[O-].Clc1ccc(C[n+]2cccc3ccccc32)cc1. The van der Waals surface area contributed by atoms with E-state index in [1.165, 1.54) is 61.4 Å². The minimum atomic E-state index is -0.909.